The van der Waals surface area contributed by atoms with Gasteiger partial charge in [-0.2, -0.15) is 0 Å². The van der Waals surface area contributed by atoms with Crippen LogP contribution in [0.3, 0.4) is 0 Å². The van der Waals surface area contributed by atoms with E-state index in [1.165, 1.54) is 0 Å². The number of fused-ring (bicyclic) bond motifs is 1. The molecule has 1 fully saturated rings. The molecule has 1 saturated heterocycles. The number of methoxy groups -OCH3 is 2. The Morgan fingerprint density at radius 3 is 2.56 bits per heavy atom. The van der Waals surface area contributed by atoms with Crippen molar-refractivity contribution in [2.45, 2.75) is 0 Å². The van der Waals surface area contributed by atoms with Gasteiger partial charge in [0, 0.05) is 39.4 Å². The van der Waals surface area contributed by atoms with E-state index in [1.807, 2.05) is 29.9 Å². The maximum atomic E-state index is 12.7. The van der Waals surface area contributed by atoms with Crippen LogP contribution >= 0.6 is 0 Å². The summed E-state index contributed by atoms with van der Waals surface area (Å²) in [6.07, 6.45) is 1.82. The molecule has 0 radical (unpaired) electrons. The second-order valence-corrected chi connectivity index (χ2v) is 6.06. The van der Waals surface area contributed by atoms with Gasteiger partial charge >= 0.3 is 0 Å². The molecule has 136 valence electrons. The molecule has 0 bridgehead atoms. The van der Waals surface area contributed by atoms with E-state index >= 15 is 0 Å². The van der Waals surface area contributed by atoms with Crippen molar-refractivity contribution in [3.8, 4) is 11.5 Å². The Labute approximate surface area is 147 Å². The molecular formula is C18H25N3O4. The van der Waals surface area contributed by atoms with Gasteiger partial charge in [-0.1, -0.05) is 0 Å². The molecule has 2 aromatic rings. The van der Waals surface area contributed by atoms with Crippen molar-refractivity contribution in [2.24, 2.45) is 7.05 Å². The van der Waals surface area contributed by atoms with Gasteiger partial charge in [0.1, 0.15) is 11.5 Å². The highest BCUT2D eigenvalue weighted by atomic mass is 16.5. The molecule has 3 rings (SSSR count). The number of amides is 1. The third-order valence-corrected chi connectivity index (χ3v) is 4.55. The Kier molecular flexibility index (Phi) is 5.45. The standard InChI is InChI=1S/C18H25N3O4/c1-20-12-13(16-14(23-2)4-5-15(24-3)17(16)20)18(22)19-6-7-21-8-10-25-11-9-21/h4-5,12H,6-11H2,1-3H3,(H,19,22). The van der Waals surface area contributed by atoms with Gasteiger partial charge < -0.3 is 24.1 Å². The van der Waals surface area contributed by atoms with E-state index in [-0.39, 0.29) is 5.91 Å². The number of rotatable bonds is 6. The van der Waals surface area contributed by atoms with Crippen LogP contribution in [0.25, 0.3) is 10.9 Å². The third-order valence-electron chi connectivity index (χ3n) is 4.55. The number of benzene rings is 1. The number of hydrogen-bond acceptors (Lipinski definition) is 5. The molecule has 1 N–H and O–H groups in total. The zero-order valence-electron chi connectivity index (χ0n) is 15.0. The summed E-state index contributed by atoms with van der Waals surface area (Å²) in [5.74, 6) is 1.27. The van der Waals surface area contributed by atoms with Crippen LogP contribution in [0.5, 0.6) is 11.5 Å². The van der Waals surface area contributed by atoms with Crippen LogP contribution < -0.4 is 14.8 Å². The minimum absolute atomic E-state index is 0.106. The maximum absolute atomic E-state index is 12.7. The van der Waals surface area contributed by atoms with Crippen LogP contribution in [-0.4, -0.2) is 69.0 Å². The van der Waals surface area contributed by atoms with Crippen LogP contribution in [-0.2, 0) is 11.8 Å². The van der Waals surface area contributed by atoms with Crippen LogP contribution in [0, 0.1) is 0 Å². The summed E-state index contributed by atoms with van der Waals surface area (Å²) in [6.45, 7) is 4.76. The zero-order valence-corrected chi connectivity index (χ0v) is 15.0. The molecule has 25 heavy (non-hydrogen) atoms. The molecule has 1 aromatic carbocycles. The highest BCUT2D eigenvalue weighted by Gasteiger charge is 2.20. The molecule has 1 aliphatic rings. The second-order valence-electron chi connectivity index (χ2n) is 6.06. The maximum Gasteiger partial charge on any atom is 0.253 e. The predicted molar refractivity (Wildman–Crippen MR) is 95.6 cm³/mol. The Balaban J connectivity index is 1.79. The number of nitrogens with zero attached hydrogens (tertiary/aromatic N) is 2. The lowest BCUT2D eigenvalue weighted by Gasteiger charge is -2.26. The van der Waals surface area contributed by atoms with Crippen molar-refractivity contribution in [1.82, 2.24) is 14.8 Å². The lowest BCUT2D eigenvalue weighted by molar-refractivity contribution is 0.0383. The fourth-order valence-electron chi connectivity index (χ4n) is 3.24. The molecule has 7 heteroatoms. The summed E-state index contributed by atoms with van der Waals surface area (Å²) < 4.78 is 18.1. The number of carbonyl (C=O) groups excluding carboxylic acids is 1. The number of ether oxygens (including phenoxy) is 3. The molecule has 1 amide bonds. The van der Waals surface area contributed by atoms with Crippen molar-refractivity contribution >= 4 is 16.8 Å². The minimum atomic E-state index is -0.106. The van der Waals surface area contributed by atoms with Gasteiger partial charge in [-0.3, -0.25) is 9.69 Å². The van der Waals surface area contributed by atoms with Crippen LogP contribution in [0.1, 0.15) is 10.4 Å². The third kappa shape index (κ3) is 3.57. The first-order valence-electron chi connectivity index (χ1n) is 8.44. The smallest absolute Gasteiger partial charge is 0.253 e. The fraction of sp³-hybridized carbons (Fsp3) is 0.500. The first-order valence-corrected chi connectivity index (χ1v) is 8.44. The molecule has 0 atom stereocenters. The molecule has 0 saturated carbocycles. The Morgan fingerprint density at radius 1 is 1.20 bits per heavy atom. The molecule has 0 aliphatic carbocycles. The number of carbonyl (C=O) groups is 1. The van der Waals surface area contributed by atoms with E-state index in [2.05, 4.69) is 10.2 Å². The summed E-state index contributed by atoms with van der Waals surface area (Å²) in [5, 5.41) is 3.78. The SMILES string of the molecule is COc1ccc(OC)c2c1c(C(=O)NCCN1CCOCC1)cn2C. The number of morpholine rings is 1. The number of aromatic nitrogens is 1. The van der Waals surface area contributed by atoms with Gasteiger partial charge in [-0.15, -0.1) is 0 Å². The number of nitrogens with one attached hydrogen (secondary N) is 1. The predicted octanol–water partition coefficient (Wildman–Crippen LogP) is 1.26. The molecule has 7 nitrogen and oxygen atoms in total. The zero-order chi connectivity index (χ0) is 17.8. The van der Waals surface area contributed by atoms with Gasteiger partial charge in [-0.05, 0) is 12.1 Å². The highest BCUT2D eigenvalue weighted by molar-refractivity contribution is 6.10. The lowest BCUT2D eigenvalue weighted by atomic mass is 10.1. The monoisotopic (exact) mass is 347 g/mol. The molecule has 1 aliphatic heterocycles. The highest BCUT2D eigenvalue weighted by Crippen LogP contribution is 2.36. The lowest BCUT2D eigenvalue weighted by Crippen LogP contribution is -2.41. The molecule has 0 unspecified atom stereocenters. The van der Waals surface area contributed by atoms with Gasteiger partial charge in [0.2, 0.25) is 0 Å². The van der Waals surface area contributed by atoms with Crippen molar-refractivity contribution in [3.05, 3.63) is 23.9 Å². The summed E-state index contributed by atoms with van der Waals surface area (Å²) in [7, 11) is 5.12. The van der Waals surface area contributed by atoms with Crippen molar-refractivity contribution in [3.63, 3.8) is 0 Å². The summed E-state index contributed by atoms with van der Waals surface area (Å²) in [5.41, 5.74) is 1.44. The van der Waals surface area contributed by atoms with E-state index in [1.54, 1.807) is 14.2 Å². The Morgan fingerprint density at radius 2 is 1.88 bits per heavy atom. The van der Waals surface area contributed by atoms with Crippen molar-refractivity contribution in [2.75, 3.05) is 53.6 Å². The largest absolute Gasteiger partial charge is 0.496 e. The van der Waals surface area contributed by atoms with Gasteiger partial charge in [0.05, 0.1) is 43.9 Å². The molecular weight excluding hydrogens is 322 g/mol. The fourth-order valence-corrected chi connectivity index (χ4v) is 3.24. The van der Waals surface area contributed by atoms with Crippen molar-refractivity contribution < 1.29 is 19.0 Å². The Bertz CT molecular complexity index is 750. The van der Waals surface area contributed by atoms with Crippen LogP contribution in [0.4, 0.5) is 0 Å². The Hall–Kier alpha value is -2.25. The van der Waals surface area contributed by atoms with Gasteiger partial charge in [0.15, 0.2) is 0 Å². The quantitative estimate of drug-likeness (QED) is 0.852. The number of hydrogen-bond donors (Lipinski definition) is 1. The van der Waals surface area contributed by atoms with E-state index in [0.29, 0.717) is 23.6 Å². The minimum Gasteiger partial charge on any atom is -0.496 e. The molecule has 2 heterocycles. The summed E-state index contributed by atoms with van der Waals surface area (Å²) >= 11 is 0. The van der Waals surface area contributed by atoms with Gasteiger partial charge in [-0.25, -0.2) is 0 Å². The van der Waals surface area contributed by atoms with Crippen molar-refractivity contribution in [1.29, 1.82) is 0 Å². The van der Waals surface area contributed by atoms with E-state index in [9.17, 15) is 4.79 Å². The number of aryl methyl sites for hydroxylation is 1. The second kappa shape index (κ2) is 7.76. The first-order chi connectivity index (χ1) is 12.2. The summed E-state index contributed by atoms with van der Waals surface area (Å²) in [4.78, 5) is 15.0. The van der Waals surface area contributed by atoms with Gasteiger partial charge in [0.25, 0.3) is 5.91 Å². The summed E-state index contributed by atoms with van der Waals surface area (Å²) in [6, 6.07) is 3.67. The normalized spacial score (nSPS) is 15.3. The van der Waals surface area contributed by atoms with E-state index in [4.69, 9.17) is 14.2 Å². The van der Waals surface area contributed by atoms with E-state index in [0.717, 1.165) is 43.8 Å². The van der Waals surface area contributed by atoms with E-state index < -0.39 is 0 Å². The average molecular weight is 347 g/mol. The first kappa shape index (κ1) is 17.6. The average Bonchev–Trinajstić information content (AvgIpc) is 3.00. The topological polar surface area (TPSA) is 65.0 Å². The van der Waals surface area contributed by atoms with Crippen LogP contribution in [0.15, 0.2) is 18.3 Å². The molecule has 0 spiro atoms. The molecule has 1 aromatic heterocycles. The van der Waals surface area contributed by atoms with Crippen LogP contribution in [0.2, 0.25) is 0 Å².